The van der Waals surface area contributed by atoms with E-state index in [-0.39, 0.29) is 0 Å². The first-order valence-corrected chi connectivity index (χ1v) is 5.13. The second kappa shape index (κ2) is 3.89. The van der Waals surface area contributed by atoms with Crippen LogP contribution in [0.1, 0.15) is 32.1 Å². The third-order valence-electron chi connectivity index (χ3n) is 2.06. The molecule has 1 aliphatic rings. The van der Waals surface area contributed by atoms with Crippen LogP contribution in [0.25, 0.3) is 0 Å². The van der Waals surface area contributed by atoms with Crippen molar-refractivity contribution in [3.05, 3.63) is 0 Å². The normalized spacial score (nSPS) is 38.0. The third kappa shape index (κ3) is 2.96. The minimum Gasteiger partial charge on any atom is -0.134 e. The van der Waals surface area contributed by atoms with E-state index >= 15 is 0 Å². The fourth-order valence-corrected chi connectivity index (χ4v) is 2.22. The van der Waals surface area contributed by atoms with Crippen LogP contribution in [0.2, 0.25) is 0 Å². The van der Waals surface area contributed by atoms with Gasteiger partial charge in [0.1, 0.15) is 0 Å². The van der Waals surface area contributed by atoms with E-state index in [0.29, 0.717) is 0 Å². The molecular weight excluding hydrogens is 146 g/mol. The summed E-state index contributed by atoms with van der Waals surface area (Å²) in [5.41, 5.74) is 1.83. The van der Waals surface area contributed by atoms with Crippen LogP contribution in [0, 0.1) is 0 Å². The molecule has 0 aromatic heterocycles. The lowest BCUT2D eigenvalue weighted by molar-refractivity contribution is 0.716. The zero-order chi connectivity index (χ0) is 6.69. The van der Waals surface area contributed by atoms with Gasteiger partial charge in [-0.05, 0) is 37.0 Å². The van der Waals surface area contributed by atoms with Gasteiger partial charge in [0.25, 0.3) is 0 Å². The molecule has 1 saturated carbocycles. The molecule has 0 radical (unpaired) electrons. The van der Waals surface area contributed by atoms with Crippen LogP contribution in [0.4, 0.5) is 0 Å². The molecule has 0 aliphatic heterocycles. The monoisotopic (exact) mass is 162 g/mol. The van der Waals surface area contributed by atoms with Gasteiger partial charge in [0, 0.05) is 0 Å². The van der Waals surface area contributed by atoms with Crippen molar-refractivity contribution in [2.24, 2.45) is 0 Å². The summed E-state index contributed by atoms with van der Waals surface area (Å²) in [6.07, 6.45) is 7.12. The molecule has 0 amide bonds. The van der Waals surface area contributed by atoms with Gasteiger partial charge in [0.15, 0.2) is 0 Å². The van der Waals surface area contributed by atoms with Crippen molar-refractivity contribution in [1.82, 2.24) is 0 Å². The van der Waals surface area contributed by atoms with Crippen molar-refractivity contribution in [2.45, 2.75) is 43.4 Å². The van der Waals surface area contributed by atoms with Crippen molar-refractivity contribution < 1.29 is 0 Å². The molecule has 0 aromatic carbocycles. The molecule has 0 nitrogen and oxygen atoms in total. The van der Waals surface area contributed by atoms with Crippen molar-refractivity contribution in [1.29, 1.82) is 0 Å². The standard InChI is InChI=1S/C7H16P2/c8-6-2-1-3-7(9)5-4-6/h6-7H,1-5,8-9H2. The predicted octanol–water partition coefficient (Wildman–Crippen LogP) is 2.44. The van der Waals surface area contributed by atoms with Gasteiger partial charge in [-0.25, -0.2) is 0 Å². The van der Waals surface area contributed by atoms with Crippen LogP contribution >= 0.6 is 18.5 Å². The lowest BCUT2D eigenvalue weighted by Gasteiger charge is -2.05. The Kier molecular flexibility index (Phi) is 3.44. The number of hydrogen-bond donors (Lipinski definition) is 0. The SMILES string of the molecule is PC1CCCC(P)CC1. The first kappa shape index (κ1) is 7.96. The average molecular weight is 162 g/mol. The Labute approximate surface area is 62.6 Å². The van der Waals surface area contributed by atoms with E-state index in [2.05, 4.69) is 18.5 Å². The van der Waals surface area contributed by atoms with E-state index in [1.165, 1.54) is 32.1 Å². The molecule has 0 saturated heterocycles. The second-order valence-corrected chi connectivity index (χ2v) is 4.91. The van der Waals surface area contributed by atoms with Crippen LogP contribution in [-0.2, 0) is 0 Å². The summed E-state index contributed by atoms with van der Waals surface area (Å²) in [6, 6.07) is 0. The molecule has 0 aromatic rings. The largest absolute Gasteiger partial charge is 0.134 e. The third-order valence-corrected chi connectivity index (χ3v) is 3.39. The Bertz CT molecular complexity index is 73.0. The summed E-state index contributed by atoms with van der Waals surface area (Å²) in [5.74, 6) is 0. The molecule has 0 bridgehead atoms. The van der Waals surface area contributed by atoms with E-state index in [0.717, 1.165) is 11.3 Å². The zero-order valence-electron chi connectivity index (χ0n) is 5.84. The van der Waals surface area contributed by atoms with Gasteiger partial charge in [-0.3, -0.25) is 0 Å². The number of rotatable bonds is 0. The molecule has 9 heavy (non-hydrogen) atoms. The van der Waals surface area contributed by atoms with E-state index in [4.69, 9.17) is 0 Å². The van der Waals surface area contributed by atoms with Gasteiger partial charge >= 0.3 is 0 Å². The molecule has 0 heterocycles. The Balaban J connectivity index is 2.25. The van der Waals surface area contributed by atoms with Crippen LogP contribution in [-0.4, -0.2) is 11.3 Å². The second-order valence-electron chi connectivity index (χ2n) is 3.03. The van der Waals surface area contributed by atoms with Crippen LogP contribution in [0.15, 0.2) is 0 Å². The van der Waals surface area contributed by atoms with Crippen molar-refractivity contribution in [2.75, 3.05) is 0 Å². The summed E-state index contributed by atoms with van der Waals surface area (Å²) in [4.78, 5) is 0. The first-order chi connectivity index (χ1) is 4.29. The van der Waals surface area contributed by atoms with E-state index in [1.807, 2.05) is 0 Å². The van der Waals surface area contributed by atoms with Crippen LogP contribution in [0.5, 0.6) is 0 Å². The minimum absolute atomic E-state index is 0.913. The first-order valence-electron chi connectivity index (χ1n) is 3.80. The maximum atomic E-state index is 2.95. The topological polar surface area (TPSA) is 0 Å². The summed E-state index contributed by atoms with van der Waals surface area (Å²) in [5, 5.41) is 0. The molecule has 0 N–H and O–H groups in total. The Morgan fingerprint density at radius 3 is 1.67 bits per heavy atom. The van der Waals surface area contributed by atoms with Gasteiger partial charge in [0.2, 0.25) is 0 Å². The highest BCUT2D eigenvalue weighted by Gasteiger charge is 2.11. The highest BCUT2D eigenvalue weighted by Crippen LogP contribution is 2.27. The maximum absolute atomic E-state index is 2.95. The zero-order valence-corrected chi connectivity index (χ0v) is 8.15. The Morgan fingerprint density at radius 1 is 0.778 bits per heavy atom. The quantitative estimate of drug-likeness (QED) is 0.379. The Hall–Kier alpha value is 0.860. The lowest BCUT2D eigenvalue weighted by Crippen LogP contribution is -1.95. The summed E-state index contributed by atoms with van der Waals surface area (Å²) in [7, 11) is 5.89. The lowest BCUT2D eigenvalue weighted by atomic mass is 10.2. The molecular formula is C7H16P2. The van der Waals surface area contributed by atoms with E-state index in [9.17, 15) is 0 Å². The van der Waals surface area contributed by atoms with Crippen molar-refractivity contribution in [3.8, 4) is 0 Å². The van der Waals surface area contributed by atoms with Crippen molar-refractivity contribution in [3.63, 3.8) is 0 Å². The molecule has 4 unspecified atom stereocenters. The van der Waals surface area contributed by atoms with E-state index < -0.39 is 0 Å². The molecule has 1 fully saturated rings. The van der Waals surface area contributed by atoms with Gasteiger partial charge in [0.05, 0.1) is 0 Å². The summed E-state index contributed by atoms with van der Waals surface area (Å²) < 4.78 is 0. The van der Waals surface area contributed by atoms with Gasteiger partial charge < -0.3 is 0 Å². The fraction of sp³-hybridized carbons (Fsp3) is 1.00. The van der Waals surface area contributed by atoms with E-state index in [1.54, 1.807) is 0 Å². The van der Waals surface area contributed by atoms with Gasteiger partial charge in [-0.15, -0.1) is 18.5 Å². The van der Waals surface area contributed by atoms with Crippen LogP contribution in [0.3, 0.4) is 0 Å². The fourth-order valence-electron chi connectivity index (χ4n) is 1.36. The Morgan fingerprint density at radius 2 is 1.22 bits per heavy atom. The smallest absolute Gasteiger partial charge is 0.0264 e. The highest BCUT2D eigenvalue weighted by atomic mass is 31.0. The van der Waals surface area contributed by atoms with Gasteiger partial charge in [-0.2, -0.15) is 0 Å². The highest BCUT2D eigenvalue weighted by molar-refractivity contribution is 7.18. The number of hydrogen-bond acceptors (Lipinski definition) is 0. The van der Waals surface area contributed by atoms with Crippen LogP contribution < -0.4 is 0 Å². The molecule has 54 valence electrons. The summed E-state index contributed by atoms with van der Waals surface area (Å²) >= 11 is 0. The van der Waals surface area contributed by atoms with Gasteiger partial charge in [-0.1, -0.05) is 6.42 Å². The average Bonchev–Trinajstić information content (AvgIpc) is 1.97. The molecule has 1 rings (SSSR count). The molecule has 2 heteroatoms. The molecule has 0 spiro atoms. The molecule has 1 aliphatic carbocycles. The minimum atomic E-state index is 0.913. The summed E-state index contributed by atoms with van der Waals surface area (Å²) in [6.45, 7) is 0. The van der Waals surface area contributed by atoms with Crippen molar-refractivity contribution >= 4 is 18.5 Å². The predicted molar refractivity (Wildman–Crippen MR) is 50.1 cm³/mol. The molecule has 4 atom stereocenters. The maximum Gasteiger partial charge on any atom is -0.0264 e.